The van der Waals surface area contributed by atoms with Gasteiger partial charge in [-0.05, 0) is 51.0 Å². The Labute approximate surface area is 127 Å². The summed E-state index contributed by atoms with van der Waals surface area (Å²) in [5.74, 6) is 1.92. The molecule has 0 aliphatic carbocycles. The minimum absolute atomic E-state index is 0.106. The largest absolute Gasteiger partial charge is 0.465 e. The zero-order chi connectivity index (χ0) is 15.3. The van der Waals surface area contributed by atoms with Gasteiger partial charge in [-0.15, -0.1) is 0 Å². The monoisotopic (exact) mass is 287 g/mol. The average Bonchev–Trinajstić information content (AvgIpc) is 2.82. The van der Waals surface area contributed by atoms with Crippen LogP contribution in [0.2, 0.25) is 0 Å². The molecule has 2 aromatic rings. The topological polar surface area (TPSA) is 34.4 Å². The van der Waals surface area contributed by atoms with Gasteiger partial charge in [0.2, 0.25) is 0 Å². The molecule has 0 radical (unpaired) electrons. The number of benzene rings is 1. The molecule has 3 heteroatoms. The molecule has 0 aliphatic heterocycles. The lowest BCUT2D eigenvalue weighted by atomic mass is 10.1. The van der Waals surface area contributed by atoms with Crippen LogP contribution in [-0.4, -0.2) is 5.60 Å². The second kappa shape index (κ2) is 6.92. The van der Waals surface area contributed by atoms with Gasteiger partial charge < -0.3 is 14.5 Å². The van der Waals surface area contributed by atoms with Crippen molar-refractivity contribution >= 4 is 0 Å². The number of furan rings is 1. The third-order valence-electron chi connectivity index (χ3n) is 3.09. The molecular weight excluding hydrogens is 262 g/mol. The van der Waals surface area contributed by atoms with E-state index < -0.39 is 0 Å². The standard InChI is InChI=1S/C18H25NO2/c1-14-8-9-17(21-14)12-19-11-15-6-5-7-16(10-15)13-20-18(2,3)4/h5-10,19H,11-13H2,1-4H3. The lowest BCUT2D eigenvalue weighted by Gasteiger charge is -2.19. The fourth-order valence-corrected chi connectivity index (χ4v) is 2.04. The van der Waals surface area contributed by atoms with Crippen LogP contribution in [0.4, 0.5) is 0 Å². The van der Waals surface area contributed by atoms with Crippen LogP contribution < -0.4 is 5.32 Å². The molecule has 0 saturated carbocycles. The van der Waals surface area contributed by atoms with E-state index in [4.69, 9.17) is 9.15 Å². The summed E-state index contributed by atoms with van der Waals surface area (Å²) in [6, 6.07) is 12.5. The molecule has 0 atom stereocenters. The van der Waals surface area contributed by atoms with E-state index in [1.54, 1.807) is 0 Å². The first-order valence-electron chi connectivity index (χ1n) is 7.40. The summed E-state index contributed by atoms with van der Waals surface area (Å²) in [6.07, 6.45) is 0. The molecule has 21 heavy (non-hydrogen) atoms. The normalized spacial score (nSPS) is 11.8. The summed E-state index contributed by atoms with van der Waals surface area (Å²) in [7, 11) is 0. The van der Waals surface area contributed by atoms with Crippen molar-refractivity contribution in [3.8, 4) is 0 Å². The fourth-order valence-electron chi connectivity index (χ4n) is 2.04. The summed E-state index contributed by atoms with van der Waals surface area (Å²) >= 11 is 0. The van der Waals surface area contributed by atoms with Crippen LogP contribution in [0.15, 0.2) is 40.8 Å². The summed E-state index contributed by atoms with van der Waals surface area (Å²) in [4.78, 5) is 0. The van der Waals surface area contributed by atoms with Gasteiger partial charge in [0.15, 0.2) is 0 Å². The second-order valence-electron chi connectivity index (χ2n) is 6.34. The summed E-state index contributed by atoms with van der Waals surface area (Å²) < 4.78 is 11.4. The number of aryl methyl sites for hydroxylation is 1. The Kier molecular flexibility index (Phi) is 5.21. The molecule has 1 aromatic carbocycles. The summed E-state index contributed by atoms with van der Waals surface area (Å²) in [5.41, 5.74) is 2.36. The highest BCUT2D eigenvalue weighted by Crippen LogP contribution is 2.13. The predicted octanol–water partition coefficient (Wildman–Crippen LogP) is 4.19. The first-order chi connectivity index (χ1) is 9.92. The van der Waals surface area contributed by atoms with Crippen LogP contribution in [0.5, 0.6) is 0 Å². The molecule has 1 N–H and O–H groups in total. The van der Waals surface area contributed by atoms with Gasteiger partial charge in [-0.1, -0.05) is 24.3 Å². The Bertz CT molecular complexity index is 567. The van der Waals surface area contributed by atoms with E-state index in [0.29, 0.717) is 6.61 Å². The van der Waals surface area contributed by atoms with Crippen LogP contribution in [0.1, 0.15) is 43.4 Å². The lowest BCUT2D eigenvalue weighted by molar-refractivity contribution is -0.0149. The zero-order valence-corrected chi connectivity index (χ0v) is 13.4. The zero-order valence-electron chi connectivity index (χ0n) is 13.4. The number of hydrogen-bond acceptors (Lipinski definition) is 3. The smallest absolute Gasteiger partial charge is 0.117 e. The van der Waals surface area contributed by atoms with Gasteiger partial charge in [0.05, 0.1) is 18.8 Å². The quantitative estimate of drug-likeness (QED) is 0.865. The fraction of sp³-hybridized carbons (Fsp3) is 0.444. The number of ether oxygens (including phenoxy) is 1. The molecule has 2 rings (SSSR count). The van der Waals surface area contributed by atoms with E-state index in [1.807, 2.05) is 19.1 Å². The van der Waals surface area contributed by atoms with Crippen LogP contribution in [0, 0.1) is 6.92 Å². The van der Waals surface area contributed by atoms with Crippen molar-refractivity contribution in [2.75, 3.05) is 0 Å². The minimum Gasteiger partial charge on any atom is -0.465 e. The van der Waals surface area contributed by atoms with E-state index in [1.165, 1.54) is 11.1 Å². The van der Waals surface area contributed by atoms with E-state index >= 15 is 0 Å². The van der Waals surface area contributed by atoms with E-state index in [9.17, 15) is 0 Å². The molecular formula is C18H25NO2. The lowest BCUT2D eigenvalue weighted by Crippen LogP contribution is -2.18. The molecule has 114 valence electrons. The molecule has 0 bridgehead atoms. The highest BCUT2D eigenvalue weighted by molar-refractivity contribution is 5.23. The third-order valence-corrected chi connectivity index (χ3v) is 3.09. The van der Waals surface area contributed by atoms with Crippen LogP contribution in [-0.2, 0) is 24.4 Å². The van der Waals surface area contributed by atoms with Crippen molar-refractivity contribution in [3.05, 3.63) is 59.0 Å². The Morgan fingerprint density at radius 1 is 1.05 bits per heavy atom. The summed E-state index contributed by atoms with van der Waals surface area (Å²) in [5, 5.41) is 3.40. The van der Waals surface area contributed by atoms with Crippen molar-refractivity contribution in [2.45, 2.75) is 53.0 Å². The maximum atomic E-state index is 5.81. The molecule has 1 heterocycles. The molecule has 0 fully saturated rings. The van der Waals surface area contributed by atoms with Crippen LogP contribution in [0.25, 0.3) is 0 Å². The van der Waals surface area contributed by atoms with Crippen molar-refractivity contribution in [2.24, 2.45) is 0 Å². The van der Waals surface area contributed by atoms with Crippen molar-refractivity contribution in [3.63, 3.8) is 0 Å². The maximum Gasteiger partial charge on any atom is 0.117 e. The highest BCUT2D eigenvalue weighted by Gasteiger charge is 2.10. The second-order valence-corrected chi connectivity index (χ2v) is 6.34. The maximum absolute atomic E-state index is 5.81. The Balaban J connectivity index is 1.83. The molecule has 3 nitrogen and oxygen atoms in total. The molecule has 0 unspecified atom stereocenters. The first-order valence-corrected chi connectivity index (χ1v) is 7.40. The van der Waals surface area contributed by atoms with Crippen molar-refractivity contribution in [1.29, 1.82) is 0 Å². The Morgan fingerprint density at radius 2 is 1.81 bits per heavy atom. The molecule has 0 aliphatic rings. The van der Waals surface area contributed by atoms with Crippen LogP contribution >= 0.6 is 0 Å². The first kappa shape index (κ1) is 15.8. The summed E-state index contributed by atoms with van der Waals surface area (Å²) in [6.45, 7) is 10.4. The molecule has 0 saturated heterocycles. The van der Waals surface area contributed by atoms with E-state index in [-0.39, 0.29) is 5.60 Å². The molecule has 0 amide bonds. The van der Waals surface area contributed by atoms with E-state index in [0.717, 1.165) is 24.6 Å². The van der Waals surface area contributed by atoms with Crippen molar-refractivity contribution in [1.82, 2.24) is 5.32 Å². The van der Waals surface area contributed by atoms with Crippen molar-refractivity contribution < 1.29 is 9.15 Å². The number of hydrogen-bond donors (Lipinski definition) is 1. The molecule has 1 aromatic heterocycles. The molecule has 0 spiro atoms. The van der Waals surface area contributed by atoms with E-state index in [2.05, 4.69) is 50.4 Å². The van der Waals surface area contributed by atoms with Gasteiger partial charge in [-0.3, -0.25) is 0 Å². The van der Waals surface area contributed by atoms with Gasteiger partial charge in [0, 0.05) is 6.54 Å². The van der Waals surface area contributed by atoms with Crippen LogP contribution in [0.3, 0.4) is 0 Å². The number of nitrogens with one attached hydrogen (secondary N) is 1. The highest BCUT2D eigenvalue weighted by atomic mass is 16.5. The van der Waals surface area contributed by atoms with Gasteiger partial charge in [0.25, 0.3) is 0 Å². The van der Waals surface area contributed by atoms with Gasteiger partial charge >= 0.3 is 0 Å². The average molecular weight is 287 g/mol. The van der Waals surface area contributed by atoms with Gasteiger partial charge in [-0.25, -0.2) is 0 Å². The van der Waals surface area contributed by atoms with Gasteiger partial charge in [0.1, 0.15) is 11.5 Å². The number of rotatable bonds is 6. The third kappa shape index (κ3) is 5.74. The van der Waals surface area contributed by atoms with Gasteiger partial charge in [-0.2, -0.15) is 0 Å². The Morgan fingerprint density at radius 3 is 2.48 bits per heavy atom. The Hall–Kier alpha value is -1.58. The minimum atomic E-state index is -0.106. The SMILES string of the molecule is Cc1ccc(CNCc2cccc(COC(C)(C)C)c2)o1. The predicted molar refractivity (Wildman–Crippen MR) is 85.0 cm³/mol.